The van der Waals surface area contributed by atoms with Gasteiger partial charge in [-0.05, 0) is 35.7 Å². The van der Waals surface area contributed by atoms with Crippen molar-refractivity contribution in [2.75, 3.05) is 13.7 Å². The number of amides is 2. The summed E-state index contributed by atoms with van der Waals surface area (Å²) in [6.07, 6.45) is -0.779. The maximum absolute atomic E-state index is 13.1. The first kappa shape index (κ1) is 30.8. The van der Waals surface area contributed by atoms with Crippen LogP contribution in [0.25, 0.3) is 10.8 Å². The fraction of sp³-hybridized carbons (Fsp3) is 0.323. The number of benzene rings is 3. The molecule has 0 radical (unpaired) electrons. The fourth-order valence-corrected chi connectivity index (χ4v) is 4.38. The summed E-state index contributed by atoms with van der Waals surface area (Å²) in [6.45, 7) is 4.55. The van der Waals surface area contributed by atoms with Crippen LogP contribution in [0.2, 0.25) is 0 Å². The number of aliphatic carboxylic acids is 1. The smallest absolute Gasteiger partial charge is 0.339 e. The molecule has 0 saturated heterocycles. The van der Waals surface area contributed by atoms with Gasteiger partial charge in [-0.3, -0.25) is 19.2 Å². The van der Waals surface area contributed by atoms with Gasteiger partial charge < -0.3 is 25.2 Å². The number of carboxylic acids is 1. The number of hydrogen-bond acceptors (Lipinski definition) is 7. The standard InChI is InChI=1S/C31H34N2O8/c1-18(2)29(33-27(35)15-21-14-19(3)12-13-26(21)40-4)30(38)32-24(16-28(36)37)25(34)17-41-31(39)23-11-7-9-20-8-5-6-10-22(20)23/h5-14,18,24,29H,15-17H2,1-4H3,(H,32,38)(H,33,35)(H,36,37). The minimum Gasteiger partial charge on any atom is -0.496 e. The van der Waals surface area contributed by atoms with E-state index in [1.54, 1.807) is 44.2 Å². The minimum atomic E-state index is -1.48. The molecule has 2 amide bonds. The number of esters is 1. The van der Waals surface area contributed by atoms with Gasteiger partial charge in [-0.15, -0.1) is 0 Å². The third kappa shape index (κ3) is 8.38. The van der Waals surface area contributed by atoms with Crippen molar-refractivity contribution in [1.29, 1.82) is 0 Å². The van der Waals surface area contributed by atoms with E-state index in [0.29, 0.717) is 16.7 Å². The van der Waals surface area contributed by atoms with E-state index in [9.17, 15) is 29.1 Å². The largest absolute Gasteiger partial charge is 0.496 e. The Bertz CT molecular complexity index is 1440. The van der Waals surface area contributed by atoms with Crippen LogP contribution >= 0.6 is 0 Å². The van der Waals surface area contributed by atoms with Crippen molar-refractivity contribution in [3.63, 3.8) is 0 Å². The number of aryl methyl sites for hydroxylation is 1. The van der Waals surface area contributed by atoms with Crippen LogP contribution < -0.4 is 15.4 Å². The molecule has 0 saturated carbocycles. The average molecular weight is 563 g/mol. The molecule has 0 bridgehead atoms. The second-order valence-corrected chi connectivity index (χ2v) is 10.0. The Morgan fingerprint density at radius 3 is 2.32 bits per heavy atom. The minimum absolute atomic E-state index is 0.0526. The topological polar surface area (TPSA) is 148 Å². The number of hydrogen-bond donors (Lipinski definition) is 3. The van der Waals surface area contributed by atoms with Crippen molar-refractivity contribution in [2.24, 2.45) is 5.92 Å². The third-order valence-corrected chi connectivity index (χ3v) is 6.49. The Morgan fingerprint density at radius 1 is 0.927 bits per heavy atom. The van der Waals surface area contributed by atoms with E-state index in [2.05, 4.69) is 10.6 Å². The monoisotopic (exact) mass is 562 g/mol. The van der Waals surface area contributed by atoms with Crippen molar-refractivity contribution >= 4 is 40.3 Å². The molecule has 10 nitrogen and oxygen atoms in total. The van der Waals surface area contributed by atoms with Crippen LogP contribution in [0.4, 0.5) is 0 Å². The molecule has 3 rings (SSSR count). The number of methoxy groups -OCH3 is 1. The molecule has 0 aliphatic carbocycles. The maximum Gasteiger partial charge on any atom is 0.339 e. The first-order valence-corrected chi connectivity index (χ1v) is 13.1. The van der Waals surface area contributed by atoms with E-state index in [1.807, 2.05) is 37.3 Å². The summed E-state index contributed by atoms with van der Waals surface area (Å²) >= 11 is 0. The van der Waals surface area contributed by atoms with Crippen LogP contribution in [-0.2, 0) is 30.3 Å². The summed E-state index contributed by atoms with van der Waals surface area (Å²) in [7, 11) is 1.50. The molecule has 0 aromatic heterocycles. The first-order valence-electron chi connectivity index (χ1n) is 13.1. The molecule has 2 unspecified atom stereocenters. The van der Waals surface area contributed by atoms with Crippen LogP contribution in [-0.4, -0.2) is 60.4 Å². The quantitative estimate of drug-likeness (QED) is 0.269. The van der Waals surface area contributed by atoms with E-state index in [0.717, 1.165) is 10.9 Å². The van der Waals surface area contributed by atoms with E-state index < -0.39 is 54.6 Å². The summed E-state index contributed by atoms with van der Waals surface area (Å²) < 4.78 is 10.5. The highest BCUT2D eigenvalue weighted by atomic mass is 16.5. The SMILES string of the molecule is COc1ccc(C)cc1CC(=O)NC(C(=O)NC(CC(=O)O)C(=O)COC(=O)c1cccc2ccccc12)C(C)C. The van der Waals surface area contributed by atoms with Gasteiger partial charge in [-0.25, -0.2) is 4.79 Å². The Labute approximate surface area is 238 Å². The van der Waals surface area contributed by atoms with E-state index >= 15 is 0 Å². The van der Waals surface area contributed by atoms with Gasteiger partial charge in [0.1, 0.15) is 17.8 Å². The lowest BCUT2D eigenvalue weighted by molar-refractivity contribution is -0.141. The Hall–Kier alpha value is -4.73. The molecule has 0 aliphatic heterocycles. The highest BCUT2D eigenvalue weighted by molar-refractivity contribution is 6.05. The van der Waals surface area contributed by atoms with Crippen LogP contribution in [0.3, 0.4) is 0 Å². The molecule has 41 heavy (non-hydrogen) atoms. The highest BCUT2D eigenvalue weighted by Gasteiger charge is 2.31. The molecule has 0 fully saturated rings. The van der Waals surface area contributed by atoms with Crippen LogP contribution in [0.5, 0.6) is 5.75 Å². The zero-order chi connectivity index (χ0) is 30.1. The first-order chi connectivity index (χ1) is 19.5. The normalized spacial score (nSPS) is 12.3. The number of ether oxygens (including phenoxy) is 2. The van der Waals surface area contributed by atoms with Crippen molar-refractivity contribution in [1.82, 2.24) is 10.6 Å². The van der Waals surface area contributed by atoms with Crippen LogP contribution in [0.15, 0.2) is 60.7 Å². The van der Waals surface area contributed by atoms with Crippen LogP contribution in [0.1, 0.15) is 41.8 Å². The summed E-state index contributed by atoms with van der Waals surface area (Å²) in [5.41, 5.74) is 1.82. The molecule has 3 aromatic rings. The molecular formula is C31H34N2O8. The molecule has 10 heteroatoms. The molecule has 3 aromatic carbocycles. The van der Waals surface area contributed by atoms with Gasteiger partial charge in [0, 0.05) is 5.56 Å². The van der Waals surface area contributed by atoms with Gasteiger partial charge in [0.25, 0.3) is 0 Å². The van der Waals surface area contributed by atoms with Gasteiger partial charge in [-0.1, -0.05) is 67.9 Å². The lowest BCUT2D eigenvalue weighted by Gasteiger charge is -2.24. The molecule has 0 spiro atoms. The molecule has 0 heterocycles. The van der Waals surface area contributed by atoms with Crippen molar-refractivity contribution in [3.05, 3.63) is 77.4 Å². The van der Waals surface area contributed by atoms with Gasteiger partial charge in [0.15, 0.2) is 12.4 Å². The lowest BCUT2D eigenvalue weighted by Crippen LogP contribution is -2.54. The molecular weight excluding hydrogens is 528 g/mol. The van der Waals surface area contributed by atoms with Crippen molar-refractivity contribution in [3.8, 4) is 5.75 Å². The number of ketones is 1. The number of rotatable bonds is 13. The molecule has 3 N–H and O–H groups in total. The lowest BCUT2D eigenvalue weighted by atomic mass is 10.0. The molecule has 0 aliphatic rings. The second-order valence-electron chi connectivity index (χ2n) is 10.0. The molecule has 216 valence electrons. The Morgan fingerprint density at radius 2 is 1.63 bits per heavy atom. The average Bonchev–Trinajstić information content (AvgIpc) is 2.93. The number of carbonyl (C=O) groups is 5. The predicted octanol–water partition coefficient (Wildman–Crippen LogP) is 3.23. The van der Waals surface area contributed by atoms with E-state index in [4.69, 9.17) is 9.47 Å². The van der Waals surface area contributed by atoms with Gasteiger partial charge in [-0.2, -0.15) is 0 Å². The number of Topliss-reactive ketones (excluding diaryl/α,β-unsaturated/α-hetero) is 1. The zero-order valence-electron chi connectivity index (χ0n) is 23.4. The van der Waals surface area contributed by atoms with E-state index in [1.165, 1.54) is 7.11 Å². The van der Waals surface area contributed by atoms with Crippen LogP contribution in [0, 0.1) is 12.8 Å². The van der Waals surface area contributed by atoms with Gasteiger partial charge in [0.2, 0.25) is 11.8 Å². The number of nitrogens with one attached hydrogen (secondary N) is 2. The zero-order valence-corrected chi connectivity index (χ0v) is 23.4. The summed E-state index contributed by atoms with van der Waals surface area (Å²) in [6, 6.07) is 15.1. The number of carboxylic acid groups (broad SMARTS) is 1. The number of fused-ring (bicyclic) bond motifs is 1. The van der Waals surface area contributed by atoms with Gasteiger partial charge in [0.05, 0.1) is 25.5 Å². The summed E-state index contributed by atoms with van der Waals surface area (Å²) in [5.74, 6) is -3.93. The Kier molecular flexibility index (Phi) is 10.6. The van der Waals surface area contributed by atoms with Gasteiger partial charge >= 0.3 is 11.9 Å². The number of carbonyl (C=O) groups excluding carboxylic acids is 4. The van der Waals surface area contributed by atoms with Crippen molar-refractivity contribution in [2.45, 2.75) is 45.7 Å². The molecule has 2 atom stereocenters. The highest BCUT2D eigenvalue weighted by Crippen LogP contribution is 2.21. The third-order valence-electron chi connectivity index (χ3n) is 6.49. The maximum atomic E-state index is 13.1. The van der Waals surface area contributed by atoms with Crippen molar-refractivity contribution < 1.29 is 38.6 Å². The second kappa shape index (κ2) is 14.1. The predicted molar refractivity (Wildman–Crippen MR) is 152 cm³/mol. The van der Waals surface area contributed by atoms with E-state index in [-0.39, 0.29) is 17.9 Å². The Balaban J connectivity index is 1.67. The summed E-state index contributed by atoms with van der Waals surface area (Å²) in [5, 5.41) is 15.9. The fourth-order valence-electron chi connectivity index (χ4n) is 4.38. The summed E-state index contributed by atoms with van der Waals surface area (Å²) in [4.78, 5) is 63.1.